The average Bonchev–Trinajstić information content (AvgIpc) is 2.38. The first-order chi connectivity index (χ1) is 9.08. The van der Waals surface area contributed by atoms with Crippen LogP contribution in [0.15, 0.2) is 36.5 Å². The summed E-state index contributed by atoms with van der Waals surface area (Å²) in [6.45, 7) is -0.143. The molecule has 1 heterocycles. The smallest absolute Gasteiger partial charge is 0.406 e. The minimum atomic E-state index is -0.659. The summed E-state index contributed by atoms with van der Waals surface area (Å²) in [7, 11) is 0. The number of pyridine rings is 1. The van der Waals surface area contributed by atoms with Gasteiger partial charge in [-0.2, -0.15) is 0 Å². The van der Waals surface area contributed by atoms with E-state index in [0.717, 1.165) is 6.07 Å². The van der Waals surface area contributed by atoms with Gasteiger partial charge in [-0.25, -0.2) is 4.39 Å². The molecular weight excluding hydrogens is 275 g/mol. The van der Waals surface area contributed by atoms with Crippen LogP contribution >= 0.6 is 11.6 Å². The molecule has 0 aliphatic heterocycles. The second-order valence-corrected chi connectivity index (χ2v) is 4.04. The fraction of sp³-hybridized carbons (Fsp3) is 0.0833. The molecule has 7 heteroatoms. The summed E-state index contributed by atoms with van der Waals surface area (Å²) in [5.41, 5.74) is 0.252. The number of hydrogen-bond donors (Lipinski definition) is 0. The van der Waals surface area contributed by atoms with Crippen molar-refractivity contribution in [3.05, 3.63) is 63.0 Å². The summed E-state index contributed by atoms with van der Waals surface area (Å²) >= 11 is 5.62. The quantitative estimate of drug-likeness (QED) is 0.637. The van der Waals surface area contributed by atoms with Crippen LogP contribution in [0.2, 0.25) is 5.02 Å². The molecule has 0 N–H and O–H groups in total. The molecule has 0 spiro atoms. The molecule has 0 unspecified atom stereocenters. The van der Waals surface area contributed by atoms with Crippen LogP contribution in [0.25, 0.3) is 0 Å². The summed E-state index contributed by atoms with van der Waals surface area (Å²) in [6, 6.07) is 7.03. The summed E-state index contributed by atoms with van der Waals surface area (Å²) < 4.78 is 18.7. The number of aromatic nitrogens is 1. The van der Waals surface area contributed by atoms with Crippen LogP contribution in [-0.4, -0.2) is 9.91 Å². The van der Waals surface area contributed by atoms with Gasteiger partial charge in [0.2, 0.25) is 5.75 Å². The number of ether oxygens (including phenoxy) is 1. The third kappa shape index (κ3) is 3.17. The lowest BCUT2D eigenvalue weighted by molar-refractivity contribution is -0.390. The molecule has 5 nitrogen and oxygen atoms in total. The zero-order chi connectivity index (χ0) is 13.8. The van der Waals surface area contributed by atoms with Crippen LogP contribution in [-0.2, 0) is 6.61 Å². The van der Waals surface area contributed by atoms with Crippen LogP contribution in [0.4, 0.5) is 10.2 Å². The summed E-state index contributed by atoms with van der Waals surface area (Å²) in [5.74, 6) is -0.947. The van der Waals surface area contributed by atoms with E-state index in [1.54, 1.807) is 0 Å². The number of rotatable bonds is 4. The van der Waals surface area contributed by atoms with Gasteiger partial charge in [0.1, 0.15) is 18.6 Å². The fourth-order valence-electron chi connectivity index (χ4n) is 1.43. The van der Waals surface area contributed by atoms with Crippen molar-refractivity contribution >= 4 is 17.4 Å². The highest BCUT2D eigenvalue weighted by Gasteiger charge is 2.16. The molecule has 1 aromatic heterocycles. The number of halogens is 2. The van der Waals surface area contributed by atoms with E-state index in [-0.39, 0.29) is 22.9 Å². The predicted octanol–water partition coefficient (Wildman–Crippen LogP) is 3.36. The van der Waals surface area contributed by atoms with Gasteiger partial charge in [-0.05, 0) is 34.2 Å². The molecule has 0 bridgehead atoms. The minimum Gasteiger partial charge on any atom is -0.481 e. The first-order valence-corrected chi connectivity index (χ1v) is 5.62. The van der Waals surface area contributed by atoms with Gasteiger partial charge in [0.25, 0.3) is 0 Å². The second-order valence-electron chi connectivity index (χ2n) is 3.61. The standard InChI is InChI=1S/C12H8ClFN2O3/c13-9-4-3-8(10(14)6-9)7-19-11-2-1-5-15-12(11)16(17)18/h1-6H,7H2. The molecule has 1 aromatic carbocycles. The molecule has 0 fully saturated rings. The lowest BCUT2D eigenvalue weighted by atomic mass is 10.2. The maximum atomic E-state index is 13.5. The van der Waals surface area contributed by atoms with Crippen LogP contribution < -0.4 is 4.74 Å². The Morgan fingerprint density at radius 3 is 2.89 bits per heavy atom. The van der Waals surface area contributed by atoms with Gasteiger partial charge in [0, 0.05) is 10.6 Å². The number of nitro groups is 1. The molecule has 2 rings (SSSR count). The molecule has 2 aromatic rings. The normalized spacial score (nSPS) is 10.2. The molecule has 0 saturated carbocycles. The first kappa shape index (κ1) is 13.2. The van der Waals surface area contributed by atoms with E-state index in [2.05, 4.69) is 4.98 Å². The van der Waals surface area contributed by atoms with E-state index in [4.69, 9.17) is 16.3 Å². The van der Waals surface area contributed by atoms with E-state index >= 15 is 0 Å². The van der Waals surface area contributed by atoms with Crippen LogP contribution in [0.5, 0.6) is 5.75 Å². The Kier molecular flexibility index (Phi) is 3.91. The Morgan fingerprint density at radius 2 is 2.21 bits per heavy atom. The number of nitrogens with zero attached hydrogens (tertiary/aromatic N) is 2. The van der Waals surface area contributed by atoms with Crippen molar-refractivity contribution < 1.29 is 14.1 Å². The van der Waals surface area contributed by atoms with Gasteiger partial charge in [-0.1, -0.05) is 17.7 Å². The van der Waals surface area contributed by atoms with Crippen LogP contribution in [0.1, 0.15) is 5.56 Å². The predicted molar refractivity (Wildman–Crippen MR) is 66.6 cm³/mol. The monoisotopic (exact) mass is 282 g/mol. The van der Waals surface area contributed by atoms with Crippen molar-refractivity contribution in [2.45, 2.75) is 6.61 Å². The Hall–Kier alpha value is -2.21. The Morgan fingerprint density at radius 1 is 1.42 bits per heavy atom. The average molecular weight is 283 g/mol. The van der Waals surface area contributed by atoms with E-state index < -0.39 is 16.6 Å². The molecule has 0 aliphatic rings. The van der Waals surface area contributed by atoms with Crippen molar-refractivity contribution in [2.75, 3.05) is 0 Å². The molecule has 0 amide bonds. The van der Waals surface area contributed by atoms with E-state index in [9.17, 15) is 14.5 Å². The van der Waals surface area contributed by atoms with Gasteiger partial charge in [-0.3, -0.25) is 0 Å². The van der Waals surface area contributed by atoms with Crippen molar-refractivity contribution in [3.63, 3.8) is 0 Å². The van der Waals surface area contributed by atoms with Gasteiger partial charge in [-0.15, -0.1) is 0 Å². The Labute approximate surface area is 112 Å². The summed E-state index contributed by atoms with van der Waals surface area (Å²) in [5, 5.41) is 11.0. The first-order valence-electron chi connectivity index (χ1n) is 5.24. The molecule has 98 valence electrons. The van der Waals surface area contributed by atoms with E-state index in [1.807, 2.05) is 0 Å². The van der Waals surface area contributed by atoms with Crippen LogP contribution in [0.3, 0.4) is 0 Å². The second kappa shape index (κ2) is 5.62. The molecule has 0 saturated heterocycles. The minimum absolute atomic E-state index is 0.0122. The zero-order valence-corrected chi connectivity index (χ0v) is 10.3. The largest absolute Gasteiger partial charge is 0.481 e. The number of hydrogen-bond acceptors (Lipinski definition) is 4. The molecule has 19 heavy (non-hydrogen) atoms. The molecular formula is C12H8ClFN2O3. The van der Waals surface area contributed by atoms with Crippen LogP contribution in [0, 0.1) is 15.9 Å². The van der Waals surface area contributed by atoms with E-state index in [1.165, 1.54) is 30.5 Å². The topological polar surface area (TPSA) is 65.3 Å². The highest BCUT2D eigenvalue weighted by atomic mass is 35.5. The summed E-state index contributed by atoms with van der Waals surface area (Å²) in [6.07, 6.45) is 1.29. The third-order valence-corrected chi connectivity index (χ3v) is 2.56. The van der Waals surface area contributed by atoms with Gasteiger partial charge >= 0.3 is 5.82 Å². The highest BCUT2D eigenvalue weighted by molar-refractivity contribution is 6.30. The number of benzene rings is 1. The van der Waals surface area contributed by atoms with Gasteiger partial charge in [0.15, 0.2) is 0 Å². The SMILES string of the molecule is O=[N+]([O-])c1ncccc1OCc1ccc(Cl)cc1F. The third-order valence-electron chi connectivity index (χ3n) is 2.32. The van der Waals surface area contributed by atoms with E-state index in [0.29, 0.717) is 0 Å². The van der Waals surface area contributed by atoms with Gasteiger partial charge in [0.05, 0.1) is 0 Å². The highest BCUT2D eigenvalue weighted by Crippen LogP contribution is 2.24. The zero-order valence-electron chi connectivity index (χ0n) is 9.55. The Bertz CT molecular complexity index is 622. The maximum Gasteiger partial charge on any atom is 0.406 e. The summed E-state index contributed by atoms with van der Waals surface area (Å²) in [4.78, 5) is 13.6. The van der Waals surface area contributed by atoms with Gasteiger partial charge < -0.3 is 14.9 Å². The van der Waals surface area contributed by atoms with Crippen molar-refractivity contribution in [2.24, 2.45) is 0 Å². The lowest BCUT2D eigenvalue weighted by Gasteiger charge is -2.07. The Balaban J connectivity index is 2.17. The van der Waals surface area contributed by atoms with Crippen molar-refractivity contribution in [1.82, 2.24) is 4.98 Å². The maximum absolute atomic E-state index is 13.5. The molecule has 0 aliphatic carbocycles. The van der Waals surface area contributed by atoms with Crippen molar-refractivity contribution in [3.8, 4) is 5.75 Å². The lowest BCUT2D eigenvalue weighted by Crippen LogP contribution is -2.02. The molecule has 0 radical (unpaired) electrons. The van der Waals surface area contributed by atoms with Crippen molar-refractivity contribution in [1.29, 1.82) is 0 Å². The molecule has 0 atom stereocenters. The fourth-order valence-corrected chi connectivity index (χ4v) is 1.59.